The van der Waals surface area contributed by atoms with Crippen molar-refractivity contribution in [1.82, 2.24) is 9.55 Å². The van der Waals surface area contributed by atoms with Gasteiger partial charge in [-0.1, -0.05) is 28.1 Å². The Morgan fingerprint density at radius 3 is 2.74 bits per heavy atom. The van der Waals surface area contributed by atoms with Crippen molar-refractivity contribution < 1.29 is 0 Å². The van der Waals surface area contributed by atoms with Gasteiger partial charge in [-0.15, -0.1) is 11.3 Å². The number of benzene rings is 1. The zero-order valence-corrected chi connectivity index (χ0v) is 15.3. The van der Waals surface area contributed by atoms with Crippen LogP contribution in [0.25, 0.3) is 10.2 Å². The maximum Gasteiger partial charge on any atom is 0.262 e. The third-order valence-corrected chi connectivity index (χ3v) is 6.23. The number of rotatable bonds is 2. The fraction of sp³-hybridized carbons (Fsp3) is 0.333. The topological polar surface area (TPSA) is 34.9 Å². The van der Waals surface area contributed by atoms with Gasteiger partial charge in [0.2, 0.25) is 0 Å². The molecule has 0 bridgehead atoms. The van der Waals surface area contributed by atoms with Gasteiger partial charge in [0.15, 0.2) is 0 Å². The molecule has 0 atom stereocenters. The summed E-state index contributed by atoms with van der Waals surface area (Å²) in [5.74, 6) is 0.795. The molecule has 4 rings (SSSR count). The van der Waals surface area contributed by atoms with Crippen LogP contribution in [0.5, 0.6) is 0 Å². The first-order valence-corrected chi connectivity index (χ1v) is 9.50. The molecule has 0 fully saturated rings. The summed E-state index contributed by atoms with van der Waals surface area (Å²) in [7, 11) is 0. The first-order valence-electron chi connectivity index (χ1n) is 7.89. The normalized spacial score (nSPS) is 14.2. The van der Waals surface area contributed by atoms with Crippen LogP contribution in [0, 0.1) is 6.92 Å². The van der Waals surface area contributed by atoms with Crippen LogP contribution in [0.3, 0.4) is 0 Å². The van der Waals surface area contributed by atoms with E-state index < -0.39 is 0 Å². The highest BCUT2D eigenvalue weighted by atomic mass is 79.9. The second kappa shape index (κ2) is 5.87. The van der Waals surface area contributed by atoms with Crippen molar-refractivity contribution in [2.24, 2.45) is 0 Å². The minimum absolute atomic E-state index is 0.120. The van der Waals surface area contributed by atoms with Gasteiger partial charge in [-0.3, -0.25) is 9.36 Å². The molecule has 0 aliphatic heterocycles. The molecule has 0 spiro atoms. The molecule has 1 aliphatic carbocycles. The molecule has 2 aromatic heterocycles. The first kappa shape index (κ1) is 15.1. The van der Waals surface area contributed by atoms with Gasteiger partial charge in [0, 0.05) is 9.35 Å². The molecule has 5 heteroatoms. The number of fused-ring (bicyclic) bond motifs is 3. The van der Waals surface area contributed by atoms with Crippen molar-refractivity contribution in [3.63, 3.8) is 0 Å². The van der Waals surface area contributed by atoms with E-state index in [0.29, 0.717) is 6.54 Å². The number of aryl methyl sites for hydroxylation is 3. The lowest BCUT2D eigenvalue weighted by Crippen LogP contribution is -2.24. The highest BCUT2D eigenvalue weighted by Gasteiger charge is 2.21. The summed E-state index contributed by atoms with van der Waals surface area (Å²) in [5, 5.41) is 0.868. The number of halogens is 1. The van der Waals surface area contributed by atoms with Crippen LogP contribution in [0.2, 0.25) is 0 Å². The van der Waals surface area contributed by atoms with Crippen molar-refractivity contribution in [2.45, 2.75) is 39.2 Å². The second-order valence-corrected chi connectivity index (χ2v) is 8.07. The summed E-state index contributed by atoms with van der Waals surface area (Å²) in [6.07, 6.45) is 4.53. The van der Waals surface area contributed by atoms with Gasteiger partial charge in [0.1, 0.15) is 10.7 Å². The van der Waals surface area contributed by atoms with Gasteiger partial charge in [0.25, 0.3) is 5.56 Å². The number of hydrogen-bond acceptors (Lipinski definition) is 3. The Morgan fingerprint density at radius 2 is 1.96 bits per heavy atom. The summed E-state index contributed by atoms with van der Waals surface area (Å²) in [6, 6.07) is 8.11. The van der Waals surface area contributed by atoms with Crippen molar-refractivity contribution in [1.29, 1.82) is 0 Å². The molecule has 0 saturated heterocycles. The van der Waals surface area contributed by atoms with Gasteiger partial charge in [-0.2, -0.15) is 0 Å². The molecule has 0 unspecified atom stereocenters. The minimum atomic E-state index is 0.120. The Balaban J connectivity index is 1.86. The van der Waals surface area contributed by atoms with Gasteiger partial charge in [0.05, 0.1) is 11.9 Å². The van der Waals surface area contributed by atoms with Crippen LogP contribution >= 0.6 is 27.3 Å². The fourth-order valence-corrected chi connectivity index (χ4v) is 4.86. The molecule has 0 N–H and O–H groups in total. The first-order chi connectivity index (χ1) is 11.1. The quantitative estimate of drug-likeness (QED) is 0.649. The molecule has 118 valence electrons. The van der Waals surface area contributed by atoms with E-state index in [4.69, 9.17) is 4.98 Å². The van der Waals surface area contributed by atoms with E-state index >= 15 is 0 Å². The van der Waals surface area contributed by atoms with Gasteiger partial charge in [-0.05, 0) is 55.9 Å². The maximum atomic E-state index is 13.1. The molecule has 3 nitrogen and oxygen atoms in total. The largest absolute Gasteiger partial charge is 0.292 e. The summed E-state index contributed by atoms with van der Waals surface area (Å²) in [5.41, 5.74) is 2.50. The van der Waals surface area contributed by atoms with E-state index in [1.165, 1.54) is 23.3 Å². The lowest BCUT2D eigenvalue weighted by atomic mass is 9.97. The van der Waals surface area contributed by atoms with Crippen LogP contribution in [0.1, 0.15) is 34.7 Å². The predicted octanol–water partition coefficient (Wildman–Crippen LogP) is 4.46. The Morgan fingerprint density at radius 1 is 1.22 bits per heavy atom. The van der Waals surface area contributed by atoms with Crippen LogP contribution in [0.4, 0.5) is 0 Å². The standard InChI is InChI=1S/C18H17BrN2OS/c1-11-20-17-16(14-4-2-3-5-15(14)23-17)18(22)21(11)10-12-6-8-13(19)9-7-12/h6-9H,2-5,10H2,1H3. The molecule has 1 aliphatic rings. The van der Waals surface area contributed by atoms with E-state index in [2.05, 4.69) is 15.9 Å². The van der Waals surface area contributed by atoms with Crippen LogP contribution in [0.15, 0.2) is 33.5 Å². The van der Waals surface area contributed by atoms with Crippen LogP contribution in [-0.4, -0.2) is 9.55 Å². The summed E-state index contributed by atoms with van der Waals surface area (Å²) < 4.78 is 2.86. The average molecular weight is 389 g/mol. The number of hydrogen-bond donors (Lipinski definition) is 0. The summed E-state index contributed by atoms with van der Waals surface area (Å²) >= 11 is 5.16. The zero-order valence-electron chi connectivity index (χ0n) is 12.9. The number of nitrogens with zero attached hydrogens (tertiary/aromatic N) is 2. The summed E-state index contributed by atoms with van der Waals surface area (Å²) in [6.45, 7) is 2.50. The molecular weight excluding hydrogens is 372 g/mol. The summed E-state index contributed by atoms with van der Waals surface area (Å²) in [4.78, 5) is 20.1. The molecule has 23 heavy (non-hydrogen) atoms. The van der Waals surface area contributed by atoms with Crippen molar-refractivity contribution in [3.8, 4) is 0 Å². The molecule has 3 aromatic rings. The van der Waals surface area contributed by atoms with Crippen molar-refractivity contribution in [3.05, 3.63) is 60.9 Å². The Labute approximate surface area is 147 Å². The fourth-order valence-electron chi connectivity index (χ4n) is 3.30. The van der Waals surface area contributed by atoms with E-state index in [1.54, 1.807) is 11.3 Å². The zero-order chi connectivity index (χ0) is 16.0. The Kier molecular flexibility index (Phi) is 3.85. The lowest BCUT2D eigenvalue weighted by molar-refractivity contribution is 0.693. The highest BCUT2D eigenvalue weighted by molar-refractivity contribution is 9.10. The molecule has 2 heterocycles. The van der Waals surface area contributed by atoms with E-state index in [0.717, 1.165) is 38.9 Å². The Hall–Kier alpha value is -1.46. The molecule has 0 radical (unpaired) electrons. The van der Waals surface area contributed by atoms with E-state index in [-0.39, 0.29) is 5.56 Å². The van der Waals surface area contributed by atoms with Gasteiger partial charge >= 0.3 is 0 Å². The minimum Gasteiger partial charge on any atom is -0.292 e. The third-order valence-electron chi connectivity index (χ3n) is 4.52. The third kappa shape index (κ3) is 2.66. The predicted molar refractivity (Wildman–Crippen MR) is 98.5 cm³/mol. The van der Waals surface area contributed by atoms with Crippen molar-refractivity contribution >= 4 is 37.5 Å². The van der Waals surface area contributed by atoms with Gasteiger partial charge < -0.3 is 0 Å². The number of aromatic nitrogens is 2. The SMILES string of the molecule is Cc1nc2sc3c(c2c(=O)n1Cc1ccc(Br)cc1)CCCC3. The maximum absolute atomic E-state index is 13.1. The van der Waals surface area contributed by atoms with E-state index in [1.807, 2.05) is 35.8 Å². The van der Waals surface area contributed by atoms with Gasteiger partial charge in [-0.25, -0.2) is 4.98 Å². The molecular formula is C18H17BrN2OS. The smallest absolute Gasteiger partial charge is 0.262 e. The van der Waals surface area contributed by atoms with Crippen molar-refractivity contribution in [2.75, 3.05) is 0 Å². The number of thiophene rings is 1. The second-order valence-electron chi connectivity index (χ2n) is 6.07. The molecule has 0 saturated carbocycles. The van der Waals surface area contributed by atoms with Crippen LogP contribution < -0.4 is 5.56 Å². The van der Waals surface area contributed by atoms with E-state index in [9.17, 15) is 4.79 Å². The average Bonchev–Trinajstić information content (AvgIpc) is 2.91. The molecule has 1 aromatic carbocycles. The lowest BCUT2D eigenvalue weighted by Gasteiger charge is -2.12. The highest BCUT2D eigenvalue weighted by Crippen LogP contribution is 2.33. The van der Waals surface area contributed by atoms with Crippen LogP contribution in [-0.2, 0) is 19.4 Å². The Bertz CT molecular complexity index is 940. The molecule has 0 amide bonds. The monoisotopic (exact) mass is 388 g/mol.